The summed E-state index contributed by atoms with van der Waals surface area (Å²) in [7, 11) is 0. The predicted molar refractivity (Wildman–Crippen MR) is 59.0 cm³/mol. The Morgan fingerprint density at radius 3 is 2.65 bits per heavy atom. The summed E-state index contributed by atoms with van der Waals surface area (Å²) in [6.07, 6.45) is 0. The molecule has 0 radical (unpaired) electrons. The van der Waals surface area contributed by atoms with Crippen LogP contribution in [0.25, 0.3) is 0 Å². The lowest BCUT2D eigenvalue weighted by atomic mass is 10.1. The molecule has 0 aliphatic carbocycles. The molecule has 2 N–H and O–H groups in total. The van der Waals surface area contributed by atoms with E-state index < -0.39 is 29.0 Å². The van der Waals surface area contributed by atoms with Crippen LogP contribution >= 0.6 is 15.9 Å². The summed E-state index contributed by atoms with van der Waals surface area (Å²) in [6.45, 7) is 1.18. The molecule has 1 aromatic rings. The van der Waals surface area contributed by atoms with E-state index in [-0.39, 0.29) is 11.1 Å². The minimum Gasteiger partial charge on any atom is -0.461 e. The third kappa shape index (κ3) is 2.71. The van der Waals surface area contributed by atoms with Gasteiger partial charge in [-0.1, -0.05) is 15.9 Å². The van der Waals surface area contributed by atoms with Gasteiger partial charge in [0, 0.05) is 4.47 Å². The third-order valence-electron chi connectivity index (χ3n) is 1.96. The van der Waals surface area contributed by atoms with Crippen LogP contribution in [0.1, 0.15) is 12.5 Å². The Hall–Kier alpha value is -1.24. The number of ether oxygens (including phenoxy) is 1. The van der Waals surface area contributed by atoms with Crippen molar-refractivity contribution in [1.29, 1.82) is 0 Å². The maximum absolute atomic E-state index is 13.6. The van der Waals surface area contributed by atoms with Crippen molar-refractivity contribution in [3.8, 4) is 0 Å². The number of rotatable bonds is 3. The fraction of sp³-hybridized carbons (Fsp3) is 0.300. The van der Waals surface area contributed by atoms with E-state index in [1.54, 1.807) is 0 Å². The van der Waals surface area contributed by atoms with Gasteiger partial charge in [0.05, 0.1) is 17.9 Å². The van der Waals surface area contributed by atoms with E-state index in [0.717, 1.165) is 12.1 Å². The van der Waals surface area contributed by atoms with Crippen molar-refractivity contribution in [2.45, 2.75) is 12.8 Å². The van der Waals surface area contributed by atoms with Gasteiger partial charge >= 0.3 is 11.9 Å². The SMILES string of the molecule is CCOC(=O)C(F)(F)c1cc(Br)cc(F)c1N. The molecule has 94 valence electrons. The molecule has 7 heteroatoms. The summed E-state index contributed by atoms with van der Waals surface area (Å²) in [5.41, 5.74) is 3.50. The van der Waals surface area contributed by atoms with Crippen molar-refractivity contribution < 1.29 is 22.7 Å². The summed E-state index contributed by atoms with van der Waals surface area (Å²) >= 11 is 2.85. The topological polar surface area (TPSA) is 52.3 Å². The summed E-state index contributed by atoms with van der Waals surface area (Å²) in [6, 6.07) is 1.81. The molecule has 0 fully saturated rings. The van der Waals surface area contributed by atoms with Crippen LogP contribution in [0.15, 0.2) is 16.6 Å². The molecule has 0 saturated heterocycles. The van der Waals surface area contributed by atoms with Crippen LogP contribution in [-0.4, -0.2) is 12.6 Å². The van der Waals surface area contributed by atoms with Gasteiger partial charge in [0.2, 0.25) is 0 Å². The van der Waals surface area contributed by atoms with Gasteiger partial charge < -0.3 is 10.5 Å². The van der Waals surface area contributed by atoms with E-state index in [2.05, 4.69) is 20.7 Å². The molecular formula is C10H9BrF3NO2. The van der Waals surface area contributed by atoms with Crippen molar-refractivity contribution in [2.75, 3.05) is 12.3 Å². The van der Waals surface area contributed by atoms with Crippen LogP contribution in [0.3, 0.4) is 0 Å². The highest BCUT2D eigenvalue weighted by atomic mass is 79.9. The third-order valence-corrected chi connectivity index (χ3v) is 2.42. The molecule has 0 saturated carbocycles. The summed E-state index contributed by atoms with van der Waals surface area (Å²) in [4.78, 5) is 11.1. The number of halogens is 4. The Morgan fingerprint density at radius 2 is 2.12 bits per heavy atom. The maximum atomic E-state index is 13.6. The molecule has 0 amide bonds. The second-order valence-electron chi connectivity index (χ2n) is 3.14. The number of hydrogen-bond acceptors (Lipinski definition) is 3. The van der Waals surface area contributed by atoms with E-state index in [9.17, 15) is 18.0 Å². The number of hydrogen-bond donors (Lipinski definition) is 1. The van der Waals surface area contributed by atoms with Crippen molar-refractivity contribution in [1.82, 2.24) is 0 Å². The standard InChI is InChI=1S/C10H9BrF3NO2/c1-2-17-9(16)10(13,14)6-3-5(11)4-7(12)8(6)15/h3-4H,2,15H2,1H3. The number of nitrogen functional groups attached to an aromatic ring is 1. The highest BCUT2D eigenvalue weighted by Gasteiger charge is 2.45. The van der Waals surface area contributed by atoms with Crippen LogP contribution in [-0.2, 0) is 15.5 Å². The minimum atomic E-state index is -3.98. The van der Waals surface area contributed by atoms with E-state index in [0.29, 0.717) is 0 Å². The Morgan fingerprint density at radius 1 is 1.53 bits per heavy atom. The Balaban J connectivity index is 3.27. The van der Waals surface area contributed by atoms with Crippen LogP contribution in [0.2, 0.25) is 0 Å². The lowest BCUT2D eigenvalue weighted by molar-refractivity contribution is -0.173. The van der Waals surface area contributed by atoms with Gasteiger partial charge in [-0.3, -0.25) is 0 Å². The molecule has 0 spiro atoms. The van der Waals surface area contributed by atoms with Gasteiger partial charge in [-0.05, 0) is 19.1 Å². The molecule has 0 bridgehead atoms. The zero-order valence-corrected chi connectivity index (χ0v) is 10.4. The van der Waals surface area contributed by atoms with Gasteiger partial charge in [0.25, 0.3) is 0 Å². The second kappa shape index (κ2) is 4.95. The molecule has 17 heavy (non-hydrogen) atoms. The normalized spacial score (nSPS) is 11.4. The summed E-state index contributed by atoms with van der Waals surface area (Å²) < 4.78 is 44.7. The highest BCUT2D eigenvalue weighted by molar-refractivity contribution is 9.10. The zero-order valence-electron chi connectivity index (χ0n) is 8.77. The lowest BCUT2D eigenvalue weighted by Gasteiger charge is -2.17. The highest BCUT2D eigenvalue weighted by Crippen LogP contribution is 2.36. The number of carbonyl (C=O) groups is 1. The largest absolute Gasteiger partial charge is 0.461 e. The summed E-state index contributed by atoms with van der Waals surface area (Å²) in [5, 5.41) is 0. The predicted octanol–water partition coefficient (Wildman–Crippen LogP) is 2.83. The average Bonchev–Trinajstić information content (AvgIpc) is 2.23. The number of esters is 1. The van der Waals surface area contributed by atoms with E-state index in [1.807, 2.05) is 0 Å². The first-order chi connectivity index (χ1) is 7.80. The molecule has 0 aliphatic rings. The first-order valence-corrected chi connectivity index (χ1v) is 5.40. The van der Waals surface area contributed by atoms with Crippen LogP contribution in [0, 0.1) is 5.82 Å². The molecule has 1 aromatic carbocycles. The summed E-state index contributed by atoms with van der Waals surface area (Å²) in [5.74, 6) is -6.77. The average molecular weight is 312 g/mol. The van der Waals surface area contributed by atoms with Crippen LogP contribution in [0.4, 0.5) is 18.9 Å². The van der Waals surface area contributed by atoms with Gasteiger partial charge in [-0.2, -0.15) is 8.78 Å². The van der Waals surface area contributed by atoms with Crippen LogP contribution < -0.4 is 5.73 Å². The van der Waals surface area contributed by atoms with Crippen molar-refractivity contribution in [2.24, 2.45) is 0 Å². The Bertz CT molecular complexity index is 451. The monoisotopic (exact) mass is 311 g/mol. The first-order valence-electron chi connectivity index (χ1n) is 4.60. The Labute approximate surface area is 104 Å². The van der Waals surface area contributed by atoms with Crippen LogP contribution in [0.5, 0.6) is 0 Å². The zero-order chi connectivity index (χ0) is 13.2. The van der Waals surface area contributed by atoms with Crippen molar-refractivity contribution in [3.05, 3.63) is 28.0 Å². The minimum absolute atomic E-state index is 0.0585. The smallest absolute Gasteiger partial charge is 0.382 e. The molecule has 3 nitrogen and oxygen atoms in total. The fourth-order valence-corrected chi connectivity index (χ4v) is 1.61. The molecule has 0 atom stereocenters. The van der Waals surface area contributed by atoms with Gasteiger partial charge in [-0.15, -0.1) is 0 Å². The van der Waals surface area contributed by atoms with Crippen molar-refractivity contribution >= 4 is 27.6 Å². The molecule has 0 aliphatic heterocycles. The van der Waals surface area contributed by atoms with E-state index in [4.69, 9.17) is 5.73 Å². The number of carbonyl (C=O) groups excluding carboxylic acids is 1. The van der Waals surface area contributed by atoms with Gasteiger partial charge in [0.15, 0.2) is 0 Å². The number of anilines is 1. The Kier molecular flexibility index (Phi) is 4.03. The fourth-order valence-electron chi connectivity index (χ4n) is 1.18. The number of alkyl halides is 2. The molecular weight excluding hydrogens is 303 g/mol. The number of nitrogens with two attached hydrogens (primary N) is 1. The van der Waals surface area contributed by atoms with Crippen molar-refractivity contribution in [3.63, 3.8) is 0 Å². The molecule has 0 aromatic heterocycles. The molecule has 1 rings (SSSR count). The lowest BCUT2D eigenvalue weighted by Crippen LogP contribution is -2.29. The van der Waals surface area contributed by atoms with E-state index in [1.165, 1.54) is 6.92 Å². The molecule has 0 unspecified atom stereocenters. The second-order valence-corrected chi connectivity index (χ2v) is 4.06. The maximum Gasteiger partial charge on any atom is 0.382 e. The van der Waals surface area contributed by atoms with E-state index >= 15 is 0 Å². The quantitative estimate of drug-likeness (QED) is 0.690. The van der Waals surface area contributed by atoms with Gasteiger partial charge in [-0.25, -0.2) is 9.18 Å². The molecule has 0 heterocycles. The van der Waals surface area contributed by atoms with Gasteiger partial charge in [0.1, 0.15) is 5.82 Å². The first kappa shape index (κ1) is 13.8. The number of benzene rings is 1.